The average molecular weight is 231 g/mol. The van der Waals surface area contributed by atoms with E-state index in [1.807, 2.05) is 19.1 Å². The first-order valence-electron chi connectivity index (χ1n) is 5.23. The molecule has 3 N–H and O–H groups in total. The lowest BCUT2D eigenvalue weighted by Crippen LogP contribution is -2.26. The predicted molar refractivity (Wildman–Crippen MR) is 63.2 cm³/mol. The summed E-state index contributed by atoms with van der Waals surface area (Å²) in [5.41, 5.74) is 7.55. The summed E-state index contributed by atoms with van der Waals surface area (Å²) in [5.74, 6) is -0.261. The number of carbonyl (C=O) groups is 1. The van der Waals surface area contributed by atoms with Crippen LogP contribution in [-0.4, -0.2) is 11.1 Å². The summed E-state index contributed by atoms with van der Waals surface area (Å²) < 4.78 is 4.61. The number of nitrogens with zero attached hydrogens (tertiary/aromatic N) is 1. The minimum Gasteiger partial charge on any atom is -0.399 e. The van der Waals surface area contributed by atoms with Crippen molar-refractivity contribution in [3.8, 4) is 0 Å². The van der Waals surface area contributed by atoms with E-state index in [2.05, 4.69) is 15.0 Å². The van der Waals surface area contributed by atoms with Crippen LogP contribution in [-0.2, 0) is 0 Å². The van der Waals surface area contributed by atoms with Gasteiger partial charge in [-0.25, -0.2) is 0 Å². The van der Waals surface area contributed by atoms with Crippen LogP contribution in [0.25, 0.3) is 0 Å². The van der Waals surface area contributed by atoms with Gasteiger partial charge in [-0.15, -0.1) is 0 Å². The lowest BCUT2D eigenvalue weighted by molar-refractivity contribution is 0.0931. The van der Waals surface area contributed by atoms with Gasteiger partial charge in [-0.05, 0) is 24.6 Å². The maximum Gasteiger partial charge on any atom is 0.273 e. The Morgan fingerprint density at radius 3 is 2.65 bits per heavy atom. The lowest BCUT2D eigenvalue weighted by Gasteiger charge is -2.13. The third-order valence-corrected chi connectivity index (χ3v) is 2.45. The number of benzene rings is 1. The molecule has 1 aromatic heterocycles. The summed E-state index contributed by atoms with van der Waals surface area (Å²) in [5, 5.41) is 6.39. The topological polar surface area (TPSA) is 81.2 Å². The third kappa shape index (κ3) is 2.63. The number of nitrogens with two attached hydrogens (primary N) is 1. The van der Waals surface area contributed by atoms with E-state index in [1.165, 1.54) is 12.3 Å². The molecule has 0 saturated carbocycles. The first-order chi connectivity index (χ1) is 8.16. The molecule has 0 aliphatic carbocycles. The molecule has 2 rings (SSSR count). The molecule has 0 spiro atoms. The molecule has 0 fully saturated rings. The van der Waals surface area contributed by atoms with Gasteiger partial charge in [0.2, 0.25) is 0 Å². The van der Waals surface area contributed by atoms with Gasteiger partial charge in [-0.3, -0.25) is 4.79 Å². The zero-order chi connectivity index (χ0) is 12.3. The Labute approximate surface area is 98.6 Å². The molecule has 2 aromatic rings. The third-order valence-electron chi connectivity index (χ3n) is 2.45. The molecule has 0 aliphatic rings. The zero-order valence-corrected chi connectivity index (χ0v) is 9.38. The summed E-state index contributed by atoms with van der Waals surface area (Å²) in [7, 11) is 0. The van der Waals surface area contributed by atoms with Crippen molar-refractivity contribution in [1.29, 1.82) is 0 Å². The Morgan fingerprint density at radius 1 is 1.35 bits per heavy atom. The van der Waals surface area contributed by atoms with Crippen LogP contribution in [0, 0.1) is 0 Å². The van der Waals surface area contributed by atoms with Crippen molar-refractivity contribution in [2.24, 2.45) is 0 Å². The number of hydrogen-bond acceptors (Lipinski definition) is 4. The lowest BCUT2D eigenvalue weighted by atomic mass is 10.1. The molecule has 1 atom stereocenters. The Bertz CT molecular complexity index is 491. The van der Waals surface area contributed by atoms with Crippen molar-refractivity contribution < 1.29 is 9.32 Å². The molecule has 0 saturated heterocycles. The molecule has 5 nitrogen and oxygen atoms in total. The fraction of sp³-hybridized carbons (Fsp3) is 0.167. The summed E-state index contributed by atoms with van der Waals surface area (Å²) in [6, 6.07) is 8.76. The van der Waals surface area contributed by atoms with E-state index in [-0.39, 0.29) is 17.6 Å². The highest BCUT2D eigenvalue weighted by Crippen LogP contribution is 2.14. The fourth-order valence-electron chi connectivity index (χ4n) is 1.47. The van der Waals surface area contributed by atoms with Crippen LogP contribution in [0.1, 0.15) is 29.0 Å². The first kappa shape index (κ1) is 11.2. The Morgan fingerprint density at radius 2 is 2.06 bits per heavy atom. The molecular weight excluding hydrogens is 218 g/mol. The van der Waals surface area contributed by atoms with E-state index in [4.69, 9.17) is 5.73 Å². The van der Waals surface area contributed by atoms with Gasteiger partial charge in [0.05, 0.1) is 6.04 Å². The second-order valence-corrected chi connectivity index (χ2v) is 3.75. The van der Waals surface area contributed by atoms with Crippen molar-refractivity contribution in [1.82, 2.24) is 10.5 Å². The SMILES string of the molecule is CC(NC(=O)c1ccon1)c1ccc(N)cc1. The standard InChI is InChI=1S/C12H13N3O2/c1-8(9-2-4-10(13)5-3-9)14-12(16)11-6-7-17-15-11/h2-8H,13H2,1H3,(H,14,16). The fourth-order valence-corrected chi connectivity index (χ4v) is 1.47. The van der Waals surface area contributed by atoms with Gasteiger partial charge in [-0.2, -0.15) is 0 Å². The highest BCUT2D eigenvalue weighted by Gasteiger charge is 2.13. The zero-order valence-electron chi connectivity index (χ0n) is 9.38. The van der Waals surface area contributed by atoms with E-state index in [0.717, 1.165) is 5.56 Å². The van der Waals surface area contributed by atoms with Gasteiger partial charge < -0.3 is 15.6 Å². The molecule has 1 aromatic carbocycles. The number of aromatic nitrogens is 1. The number of rotatable bonds is 3. The maximum absolute atomic E-state index is 11.7. The van der Waals surface area contributed by atoms with Crippen molar-refractivity contribution in [3.05, 3.63) is 47.9 Å². The molecular formula is C12H13N3O2. The van der Waals surface area contributed by atoms with Crippen LogP contribution in [0.4, 0.5) is 5.69 Å². The van der Waals surface area contributed by atoms with Crippen LogP contribution < -0.4 is 11.1 Å². The largest absolute Gasteiger partial charge is 0.399 e. The van der Waals surface area contributed by atoms with Gasteiger partial charge in [-0.1, -0.05) is 17.3 Å². The van der Waals surface area contributed by atoms with E-state index in [9.17, 15) is 4.79 Å². The van der Waals surface area contributed by atoms with Crippen LogP contribution >= 0.6 is 0 Å². The molecule has 5 heteroatoms. The van der Waals surface area contributed by atoms with E-state index < -0.39 is 0 Å². The number of amides is 1. The summed E-state index contributed by atoms with van der Waals surface area (Å²) >= 11 is 0. The molecule has 0 aliphatic heterocycles. The highest BCUT2D eigenvalue weighted by atomic mass is 16.5. The van der Waals surface area contributed by atoms with E-state index in [1.54, 1.807) is 12.1 Å². The molecule has 0 radical (unpaired) electrons. The average Bonchev–Trinajstić information content (AvgIpc) is 2.83. The molecule has 17 heavy (non-hydrogen) atoms. The number of hydrogen-bond donors (Lipinski definition) is 2. The molecule has 1 heterocycles. The second kappa shape index (κ2) is 4.69. The van der Waals surface area contributed by atoms with Crippen molar-refractivity contribution >= 4 is 11.6 Å². The highest BCUT2D eigenvalue weighted by molar-refractivity contribution is 5.92. The second-order valence-electron chi connectivity index (χ2n) is 3.75. The monoisotopic (exact) mass is 231 g/mol. The summed E-state index contributed by atoms with van der Waals surface area (Å²) in [4.78, 5) is 11.7. The number of nitrogen functional groups attached to an aromatic ring is 1. The molecule has 1 amide bonds. The first-order valence-corrected chi connectivity index (χ1v) is 5.23. The van der Waals surface area contributed by atoms with Gasteiger partial charge >= 0.3 is 0 Å². The van der Waals surface area contributed by atoms with Crippen molar-refractivity contribution in [2.45, 2.75) is 13.0 Å². The van der Waals surface area contributed by atoms with Gasteiger partial charge in [0.1, 0.15) is 6.26 Å². The van der Waals surface area contributed by atoms with Crippen molar-refractivity contribution in [2.75, 3.05) is 5.73 Å². The molecule has 1 unspecified atom stereocenters. The summed E-state index contributed by atoms with van der Waals surface area (Å²) in [6.45, 7) is 1.89. The maximum atomic E-state index is 11.7. The van der Waals surface area contributed by atoms with Crippen LogP contribution in [0.15, 0.2) is 41.1 Å². The van der Waals surface area contributed by atoms with Crippen LogP contribution in [0.2, 0.25) is 0 Å². The molecule has 0 bridgehead atoms. The minimum atomic E-state index is -0.261. The molecule has 88 valence electrons. The Kier molecular flexibility index (Phi) is 3.09. The number of nitrogens with one attached hydrogen (secondary N) is 1. The summed E-state index contributed by atoms with van der Waals surface area (Å²) in [6.07, 6.45) is 1.36. The number of anilines is 1. The van der Waals surface area contributed by atoms with Crippen molar-refractivity contribution in [3.63, 3.8) is 0 Å². The minimum absolute atomic E-state index is 0.111. The van der Waals surface area contributed by atoms with Gasteiger partial charge in [0, 0.05) is 11.8 Å². The van der Waals surface area contributed by atoms with Crippen LogP contribution in [0.5, 0.6) is 0 Å². The normalized spacial score (nSPS) is 12.1. The van der Waals surface area contributed by atoms with E-state index >= 15 is 0 Å². The Balaban J connectivity index is 2.04. The quantitative estimate of drug-likeness (QED) is 0.788. The Hall–Kier alpha value is -2.30. The predicted octanol–water partition coefficient (Wildman–Crippen LogP) is 1.75. The van der Waals surface area contributed by atoms with E-state index in [0.29, 0.717) is 5.69 Å². The van der Waals surface area contributed by atoms with Gasteiger partial charge in [0.15, 0.2) is 5.69 Å². The van der Waals surface area contributed by atoms with Crippen LogP contribution in [0.3, 0.4) is 0 Å². The smallest absolute Gasteiger partial charge is 0.273 e. The number of carbonyl (C=O) groups excluding carboxylic acids is 1. The van der Waals surface area contributed by atoms with Gasteiger partial charge in [0.25, 0.3) is 5.91 Å².